The van der Waals surface area contributed by atoms with Crippen LogP contribution in [0, 0.1) is 6.92 Å². The predicted octanol–water partition coefficient (Wildman–Crippen LogP) is 4.84. The van der Waals surface area contributed by atoms with Crippen molar-refractivity contribution < 1.29 is 9.53 Å². The summed E-state index contributed by atoms with van der Waals surface area (Å²) in [6.07, 6.45) is 0. The quantitative estimate of drug-likeness (QED) is 0.530. The van der Waals surface area contributed by atoms with E-state index in [0.717, 1.165) is 10.9 Å². The van der Waals surface area contributed by atoms with E-state index >= 15 is 0 Å². The molecule has 3 rings (SSSR count). The third kappa shape index (κ3) is 2.97. The maximum Gasteiger partial charge on any atom is 0.348 e. The fourth-order valence-electron chi connectivity index (χ4n) is 2.18. The molecule has 0 saturated heterocycles. The highest BCUT2D eigenvalue weighted by Crippen LogP contribution is 2.37. The van der Waals surface area contributed by atoms with Crippen LogP contribution >= 0.6 is 34.5 Å². The first-order valence-electron chi connectivity index (χ1n) is 6.57. The first kappa shape index (κ1) is 16.0. The van der Waals surface area contributed by atoms with Gasteiger partial charge in [-0.3, -0.25) is 0 Å². The molecule has 0 aliphatic carbocycles. The fraction of sp³-hybridized carbons (Fsp3) is 0.133. The molecule has 0 radical (unpaired) electrons. The summed E-state index contributed by atoms with van der Waals surface area (Å²) < 4.78 is 4.80. The number of halogens is 2. The Kier molecular flexibility index (Phi) is 4.39. The number of nitrogens with one attached hydrogen (secondary N) is 1. The molecule has 0 saturated carbocycles. The van der Waals surface area contributed by atoms with E-state index in [0.29, 0.717) is 26.2 Å². The number of thiophene rings is 1. The number of methoxy groups -OCH3 is 1. The number of hydrogen-bond donors (Lipinski definition) is 1. The molecule has 0 unspecified atom stereocenters. The van der Waals surface area contributed by atoms with E-state index in [1.165, 1.54) is 18.4 Å². The number of esters is 1. The van der Waals surface area contributed by atoms with Crippen molar-refractivity contribution in [3.8, 4) is 0 Å². The molecule has 0 atom stereocenters. The van der Waals surface area contributed by atoms with E-state index in [9.17, 15) is 4.79 Å². The van der Waals surface area contributed by atoms with Gasteiger partial charge in [0.25, 0.3) is 0 Å². The molecule has 0 amide bonds. The molecule has 5 nitrogen and oxygen atoms in total. The molecule has 3 aromatic rings. The second kappa shape index (κ2) is 6.31. The molecular formula is C15H11Cl2N3O2S. The summed E-state index contributed by atoms with van der Waals surface area (Å²) >= 11 is 13.4. The average molecular weight is 368 g/mol. The number of ether oxygens (including phenoxy) is 1. The number of hydrogen-bond acceptors (Lipinski definition) is 6. The summed E-state index contributed by atoms with van der Waals surface area (Å²) in [5, 5.41) is 4.52. The van der Waals surface area contributed by atoms with Gasteiger partial charge >= 0.3 is 5.97 Å². The lowest BCUT2D eigenvalue weighted by molar-refractivity contribution is 0.0605. The van der Waals surface area contributed by atoms with E-state index in [2.05, 4.69) is 15.3 Å². The van der Waals surface area contributed by atoms with E-state index in [1.54, 1.807) is 6.07 Å². The van der Waals surface area contributed by atoms with Crippen molar-refractivity contribution in [3.05, 3.63) is 45.0 Å². The third-order valence-corrected chi connectivity index (χ3v) is 4.92. The zero-order chi connectivity index (χ0) is 16.6. The van der Waals surface area contributed by atoms with Crippen LogP contribution < -0.4 is 5.32 Å². The molecule has 23 heavy (non-hydrogen) atoms. The van der Waals surface area contributed by atoms with Gasteiger partial charge in [0.2, 0.25) is 5.28 Å². The van der Waals surface area contributed by atoms with Gasteiger partial charge in [0.05, 0.1) is 23.2 Å². The Morgan fingerprint density at radius 3 is 2.70 bits per heavy atom. The van der Waals surface area contributed by atoms with Crippen LogP contribution in [0.3, 0.4) is 0 Å². The molecular weight excluding hydrogens is 357 g/mol. The van der Waals surface area contributed by atoms with Crippen molar-refractivity contribution in [1.82, 2.24) is 9.97 Å². The highest BCUT2D eigenvalue weighted by molar-refractivity contribution is 7.20. The zero-order valence-electron chi connectivity index (χ0n) is 12.2. The van der Waals surface area contributed by atoms with E-state index < -0.39 is 5.97 Å². The van der Waals surface area contributed by atoms with Crippen molar-refractivity contribution in [2.24, 2.45) is 0 Å². The minimum Gasteiger partial charge on any atom is -0.465 e. The van der Waals surface area contributed by atoms with Crippen LogP contribution in [-0.4, -0.2) is 23.0 Å². The first-order valence-corrected chi connectivity index (χ1v) is 8.15. The molecule has 0 spiro atoms. The van der Waals surface area contributed by atoms with Gasteiger partial charge in [-0.05, 0) is 36.2 Å². The number of anilines is 2. The van der Waals surface area contributed by atoms with Crippen LogP contribution in [0.2, 0.25) is 10.3 Å². The van der Waals surface area contributed by atoms with Gasteiger partial charge in [-0.25, -0.2) is 9.78 Å². The standard InChI is InChI=1S/C15H11Cl2N3O2S/c1-7-10-12(18-9-6-4-3-5-8(9)16)19-15(17)20-13(10)23-11(7)14(21)22-2/h3-6H,1-2H3,(H,18,19,20). The molecule has 1 N–H and O–H groups in total. The summed E-state index contributed by atoms with van der Waals surface area (Å²) in [4.78, 5) is 21.4. The summed E-state index contributed by atoms with van der Waals surface area (Å²) in [6, 6.07) is 7.28. The third-order valence-electron chi connectivity index (χ3n) is 3.26. The lowest BCUT2D eigenvalue weighted by Gasteiger charge is -2.09. The Balaban J connectivity index is 2.18. The number of aromatic nitrogens is 2. The van der Waals surface area contributed by atoms with Gasteiger partial charge in [-0.2, -0.15) is 4.98 Å². The van der Waals surface area contributed by atoms with Gasteiger partial charge < -0.3 is 10.1 Å². The Hall–Kier alpha value is -1.89. The van der Waals surface area contributed by atoms with Crippen LogP contribution in [0.5, 0.6) is 0 Å². The number of carbonyl (C=O) groups excluding carboxylic acids is 1. The predicted molar refractivity (Wildman–Crippen MR) is 93.2 cm³/mol. The van der Waals surface area contributed by atoms with Crippen LogP contribution in [0.4, 0.5) is 11.5 Å². The largest absolute Gasteiger partial charge is 0.465 e. The van der Waals surface area contributed by atoms with Crippen molar-refractivity contribution in [2.75, 3.05) is 12.4 Å². The molecule has 0 aliphatic rings. The number of carbonyl (C=O) groups is 1. The molecule has 118 valence electrons. The van der Waals surface area contributed by atoms with Crippen LogP contribution in [0.25, 0.3) is 10.2 Å². The molecule has 0 bridgehead atoms. The van der Waals surface area contributed by atoms with E-state index in [-0.39, 0.29) is 5.28 Å². The van der Waals surface area contributed by atoms with Crippen molar-refractivity contribution >= 4 is 62.2 Å². The molecule has 0 aliphatic heterocycles. The summed E-state index contributed by atoms with van der Waals surface area (Å²) in [6.45, 7) is 1.82. The van der Waals surface area contributed by atoms with Crippen molar-refractivity contribution in [2.45, 2.75) is 6.92 Å². The number of rotatable bonds is 3. The normalized spacial score (nSPS) is 10.8. The highest BCUT2D eigenvalue weighted by Gasteiger charge is 2.21. The molecule has 8 heteroatoms. The number of benzene rings is 1. The fourth-order valence-corrected chi connectivity index (χ4v) is 3.68. The maximum atomic E-state index is 11.9. The Morgan fingerprint density at radius 1 is 1.26 bits per heavy atom. The molecule has 1 aromatic carbocycles. The average Bonchev–Trinajstić information content (AvgIpc) is 2.85. The second-order valence-corrected chi connectivity index (χ2v) is 6.42. The van der Waals surface area contributed by atoms with Crippen LogP contribution in [0.1, 0.15) is 15.2 Å². The number of fused-ring (bicyclic) bond motifs is 1. The van der Waals surface area contributed by atoms with Gasteiger partial charge in [0.1, 0.15) is 15.5 Å². The Morgan fingerprint density at radius 2 is 2.00 bits per heavy atom. The van der Waals surface area contributed by atoms with Gasteiger partial charge in [-0.1, -0.05) is 23.7 Å². The molecule has 2 aromatic heterocycles. The number of nitrogens with zero attached hydrogens (tertiary/aromatic N) is 2. The Bertz CT molecular complexity index is 911. The van der Waals surface area contributed by atoms with Gasteiger partial charge in [-0.15, -0.1) is 11.3 Å². The first-order chi connectivity index (χ1) is 11.0. The zero-order valence-corrected chi connectivity index (χ0v) is 14.5. The second-order valence-electron chi connectivity index (χ2n) is 4.67. The summed E-state index contributed by atoms with van der Waals surface area (Å²) in [5.74, 6) is 0.0855. The number of aryl methyl sites for hydroxylation is 1. The summed E-state index contributed by atoms with van der Waals surface area (Å²) in [5.41, 5.74) is 1.43. The van der Waals surface area contributed by atoms with Crippen molar-refractivity contribution in [3.63, 3.8) is 0 Å². The number of para-hydroxylation sites is 1. The maximum absolute atomic E-state index is 11.9. The lowest BCUT2D eigenvalue weighted by atomic mass is 10.2. The van der Waals surface area contributed by atoms with Crippen molar-refractivity contribution in [1.29, 1.82) is 0 Å². The van der Waals surface area contributed by atoms with Crippen LogP contribution in [-0.2, 0) is 4.74 Å². The van der Waals surface area contributed by atoms with E-state index in [4.69, 9.17) is 27.9 Å². The minimum absolute atomic E-state index is 0.0877. The summed E-state index contributed by atoms with van der Waals surface area (Å²) in [7, 11) is 1.34. The molecule has 0 fully saturated rings. The van der Waals surface area contributed by atoms with E-state index in [1.807, 2.05) is 25.1 Å². The smallest absolute Gasteiger partial charge is 0.348 e. The van der Waals surface area contributed by atoms with Crippen LogP contribution in [0.15, 0.2) is 24.3 Å². The van der Waals surface area contributed by atoms with Gasteiger partial charge in [0, 0.05) is 0 Å². The minimum atomic E-state index is -0.412. The topological polar surface area (TPSA) is 64.1 Å². The SMILES string of the molecule is COC(=O)c1sc2nc(Cl)nc(Nc3ccccc3Cl)c2c1C. The van der Waals surface area contributed by atoms with Gasteiger partial charge in [0.15, 0.2) is 0 Å². The highest BCUT2D eigenvalue weighted by atomic mass is 35.5. The molecule has 2 heterocycles. The lowest BCUT2D eigenvalue weighted by Crippen LogP contribution is -2.00. The Labute approximate surface area is 146 Å². The monoisotopic (exact) mass is 367 g/mol.